The molecule has 4 atom stereocenters. The maximum atomic E-state index is 12.7. The Bertz CT molecular complexity index is 1560. The number of hydrogen-bond donors (Lipinski definition) is 5. The van der Waals surface area contributed by atoms with Gasteiger partial charge in [-0.15, -0.1) is 0 Å². The van der Waals surface area contributed by atoms with Crippen molar-refractivity contribution in [2.24, 2.45) is 0 Å². The van der Waals surface area contributed by atoms with Gasteiger partial charge in [-0.1, -0.05) is 155 Å². The molecule has 0 bridgehead atoms. The van der Waals surface area contributed by atoms with E-state index in [9.17, 15) is 33.8 Å². The van der Waals surface area contributed by atoms with E-state index in [4.69, 9.17) is 23.8 Å². The molecule has 0 radical (unpaired) electrons. The SMILES string of the molecule is CC/C=C\C/C=C\C/C=C\C/C=C\C/C=C\C=C/C(O)CCC(=O)O[C@H](COC(=O)CCC/C=C\C/C=C\C/C=C\CCCCCCCC)COP(=O)(O)OC[C@@H](O)COP(=O)(O)O. The van der Waals surface area contributed by atoms with Crippen LogP contribution < -0.4 is 0 Å². The molecule has 364 valence electrons. The van der Waals surface area contributed by atoms with Gasteiger partial charge >= 0.3 is 27.6 Å². The van der Waals surface area contributed by atoms with Gasteiger partial charge in [0, 0.05) is 12.8 Å². The minimum absolute atomic E-state index is 0.00322. The number of carbonyl (C=O) groups excluding carboxylic acids is 2. The molecular weight excluding hydrogens is 862 g/mol. The van der Waals surface area contributed by atoms with Gasteiger partial charge in [-0.25, -0.2) is 9.13 Å². The number of ether oxygens (including phenoxy) is 2. The molecule has 16 heteroatoms. The van der Waals surface area contributed by atoms with Crippen molar-refractivity contribution < 1.29 is 66.7 Å². The number of unbranched alkanes of at least 4 members (excludes halogenated alkanes) is 7. The number of aliphatic hydroxyl groups excluding tert-OH is 2. The highest BCUT2D eigenvalue weighted by molar-refractivity contribution is 7.47. The normalized spacial score (nSPS) is 15.4. The Morgan fingerprint density at radius 1 is 0.531 bits per heavy atom. The first-order valence-electron chi connectivity index (χ1n) is 22.7. The second-order valence-electron chi connectivity index (χ2n) is 14.8. The van der Waals surface area contributed by atoms with Crippen LogP contribution in [0.3, 0.4) is 0 Å². The van der Waals surface area contributed by atoms with Crippen LogP contribution in [0.2, 0.25) is 0 Å². The molecule has 5 N–H and O–H groups in total. The molecule has 64 heavy (non-hydrogen) atoms. The molecule has 0 rings (SSSR count). The lowest BCUT2D eigenvalue weighted by atomic mass is 10.1. The van der Waals surface area contributed by atoms with E-state index in [1.165, 1.54) is 44.6 Å². The number of allylic oxidation sites excluding steroid dienone is 17. The lowest BCUT2D eigenvalue weighted by molar-refractivity contribution is -0.161. The Kier molecular flexibility index (Phi) is 40.2. The van der Waals surface area contributed by atoms with Crippen molar-refractivity contribution in [3.8, 4) is 0 Å². The summed E-state index contributed by atoms with van der Waals surface area (Å²) < 4.78 is 47.5. The molecule has 0 spiro atoms. The quantitative estimate of drug-likeness (QED) is 0.0127. The van der Waals surface area contributed by atoms with Gasteiger partial charge < -0.3 is 34.4 Å². The van der Waals surface area contributed by atoms with Crippen LogP contribution in [0.5, 0.6) is 0 Å². The predicted molar refractivity (Wildman–Crippen MR) is 254 cm³/mol. The molecule has 0 aliphatic carbocycles. The van der Waals surface area contributed by atoms with Gasteiger partial charge in [0.1, 0.15) is 12.7 Å². The molecule has 0 aliphatic rings. The van der Waals surface area contributed by atoms with E-state index >= 15 is 0 Å². The summed E-state index contributed by atoms with van der Waals surface area (Å²) in [6.45, 7) is 1.29. The topological polar surface area (TPSA) is 216 Å². The van der Waals surface area contributed by atoms with E-state index in [1.807, 2.05) is 24.3 Å². The number of phosphoric acid groups is 2. The summed E-state index contributed by atoms with van der Waals surface area (Å²) in [5, 5.41) is 20.1. The summed E-state index contributed by atoms with van der Waals surface area (Å²) in [7, 11) is -9.79. The Labute approximate surface area is 383 Å². The van der Waals surface area contributed by atoms with E-state index in [-0.39, 0.29) is 19.3 Å². The van der Waals surface area contributed by atoms with E-state index in [0.29, 0.717) is 19.3 Å². The van der Waals surface area contributed by atoms with Crippen molar-refractivity contribution in [3.63, 3.8) is 0 Å². The molecular formula is C48H78O14P2. The van der Waals surface area contributed by atoms with E-state index in [0.717, 1.165) is 44.9 Å². The summed E-state index contributed by atoms with van der Waals surface area (Å²) in [5.41, 5.74) is 0. The highest BCUT2D eigenvalue weighted by atomic mass is 31.2. The molecule has 0 saturated heterocycles. The van der Waals surface area contributed by atoms with Gasteiger partial charge in [-0.05, 0) is 77.0 Å². The number of phosphoric ester groups is 2. The van der Waals surface area contributed by atoms with Crippen molar-refractivity contribution in [1.82, 2.24) is 0 Å². The fraction of sp³-hybridized carbons (Fsp3) is 0.583. The average molecular weight is 941 g/mol. The zero-order chi connectivity index (χ0) is 47.4. The Morgan fingerprint density at radius 2 is 1.03 bits per heavy atom. The first kappa shape index (κ1) is 60.7. The summed E-state index contributed by atoms with van der Waals surface area (Å²) >= 11 is 0. The largest absolute Gasteiger partial charge is 0.472 e. The van der Waals surface area contributed by atoms with Gasteiger partial charge in [-0.2, -0.15) is 0 Å². The van der Waals surface area contributed by atoms with Crippen molar-refractivity contribution >= 4 is 27.6 Å². The molecule has 2 unspecified atom stereocenters. The molecule has 0 amide bonds. The summed E-state index contributed by atoms with van der Waals surface area (Å²) in [5.74, 6) is -1.39. The van der Waals surface area contributed by atoms with Gasteiger partial charge in [0.2, 0.25) is 0 Å². The third-order valence-electron chi connectivity index (χ3n) is 8.75. The van der Waals surface area contributed by atoms with Crippen molar-refractivity contribution in [3.05, 3.63) is 109 Å². The van der Waals surface area contributed by atoms with Crippen LogP contribution in [0.25, 0.3) is 0 Å². The third-order valence-corrected chi connectivity index (χ3v) is 10.2. The maximum Gasteiger partial charge on any atom is 0.472 e. The smallest absolute Gasteiger partial charge is 0.462 e. The van der Waals surface area contributed by atoms with Gasteiger partial charge in [-0.3, -0.25) is 23.2 Å². The Balaban J connectivity index is 4.83. The molecule has 0 aromatic carbocycles. The van der Waals surface area contributed by atoms with Crippen LogP contribution in [0.15, 0.2) is 109 Å². The predicted octanol–water partition coefficient (Wildman–Crippen LogP) is 10.9. The molecule has 0 aromatic heterocycles. The summed E-state index contributed by atoms with van der Waals surface area (Å²) in [6.07, 6.45) is 48.4. The van der Waals surface area contributed by atoms with Crippen LogP contribution in [-0.4, -0.2) is 81.6 Å². The molecule has 0 aromatic rings. The lowest BCUT2D eigenvalue weighted by Crippen LogP contribution is -2.30. The highest BCUT2D eigenvalue weighted by Gasteiger charge is 2.28. The lowest BCUT2D eigenvalue weighted by Gasteiger charge is -2.20. The van der Waals surface area contributed by atoms with Crippen LogP contribution in [0, 0.1) is 0 Å². The van der Waals surface area contributed by atoms with Gasteiger partial charge in [0.15, 0.2) is 6.10 Å². The van der Waals surface area contributed by atoms with Crippen LogP contribution in [-0.2, 0) is 41.8 Å². The molecule has 0 fully saturated rings. The minimum Gasteiger partial charge on any atom is -0.462 e. The molecule has 0 aliphatic heterocycles. The second kappa shape index (κ2) is 42.4. The van der Waals surface area contributed by atoms with Crippen molar-refractivity contribution in [2.45, 2.75) is 154 Å². The van der Waals surface area contributed by atoms with Gasteiger partial charge in [0.05, 0.1) is 25.9 Å². The number of carbonyl (C=O) groups is 2. The maximum absolute atomic E-state index is 12.7. The average Bonchev–Trinajstić information content (AvgIpc) is 3.25. The number of esters is 2. The van der Waals surface area contributed by atoms with Crippen LogP contribution in [0.1, 0.15) is 136 Å². The number of rotatable bonds is 41. The third kappa shape index (κ3) is 45.3. The fourth-order valence-electron chi connectivity index (χ4n) is 5.30. The van der Waals surface area contributed by atoms with E-state index in [2.05, 4.69) is 89.7 Å². The van der Waals surface area contributed by atoms with Crippen LogP contribution >= 0.6 is 15.6 Å². The second-order valence-corrected chi connectivity index (χ2v) is 17.5. The van der Waals surface area contributed by atoms with E-state index in [1.54, 1.807) is 12.2 Å². The number of aliphatic hydroxyl groups is 2. The van der Waals surface area contributed by atoms with E-state index < -0.39 is 72.3 Å². The summed E-state index contributed by atoms with van der Waals surface area (Å²) in [4.78, 5) is 52.7. The Hall–Kier alpha value is -3.26. The minimum atomic E-state index is -4.90. The standard InChI is InChI=1S/C48H78O14P2/c1-3-5-7-9-11-13-15-17-19-21-23-25-27-29-31-33-35-37-47(51)58-42-46(43-61-64(56,57)60-41-45(50)40-59-63(53,54)55)62-48(52)39-38-44(49)36-34-32-30-28-26-24-22-20-18-16-14-12-10-8-6-4-2/h6,8,12,14,17-20,23-26,29-32,34,36,44-46,49-50H,3-5,7,9-11,13,15-16,21-22,27-28,33,35,37-43H2,1-2H3,(H,56,57)(H2,53,54,55)/b8-6-,14-12-,19-17-,20-18-,25-23-,26-24-,31-29-,32-30-,36-34-/t44?,45-,46+/m0/s1. The van der Waals surface area contributed by atoms with Crippen LogP contribution in [0.4, 0.5) is 0 Å². The molecule has 14 nitrogen and oxygen atoms in total. The highest BCUT2D eigenvalue weighted by Crippen LogP contribution is 2.43. The molecule has 0 saturated carbocycles. The first-order valence-corrected chi connectivity index (χ1v) is 25.7. The fourth-order valence-corrected chi connectivity index (χ4v) is 6.45. The zero-order valence-corrected chi connectivity index (χ0v) is 40.0. The van der Waals surface area contributed by atoms with Crippen molar-refractivity contribution in [1.29, 1.82) is 0 Å². The summed E-state index contributed by atoms with van der Waals surface area (Å²) in [6, 6.07) is 0. The van der Waals surface area contributed by atoms with Crippen molar-refractivity contribution in [2.75, 3.05) is 26.4 Å². The van der Waals surface area contributed by atoms with Gasteiger partial charge in [0.25, 0.3) is 0 Å². The first-order chi connectivity index (χ1) is 30.8. The Morgan fingerprint density at radius 3 is 1.61 bits per heavy atom. The zero-order valence-electron chi connectivity index (χ0n) is 38.2. The monoisotopic (exact) mass is 940 g/mol. The molecule has 0 heterocycles. The number of hydrogen-bond acceptors (Lipinski definition) is 11.